The zero-order valence-corrected chi connectivity index (χ0v) is 9.89. The smallest absolute Gasteiger partial charge is 0.123 e. The molecule has 90 valence electrons. The lowest BCUT2D eigenvalue weighted by Crippen LogP contribution is -2.30. The van der Waals surface area contributed by atoms with E-state index in [-0.39, 0.29) is 6.61 Å². The van der Waals surface area contributed by atoms with Crippen LogP contribution in [-0.4, -0.2) is 43.4 Å². The third-order valence-electron chi connectivity index (χ3n) is 2.20. The number of hydrogen-bond acceptors (Lipinski definition) is 4. The Labute approximate surface area is 96.6 Å². The van der Waals surface area contributed by atoms with Gasteiger partial charge in [0.15, 0.2) is 0 Å². The van der Waals surface area contributed by atoms with E-state index in [2.05, 4.69) is 0 Å². The van der Waals surface area contributed by atoms with E-state index in [1.165, 1.54) is 0 Å². The molecule has 0 spiro atoms. The first-order valence-corrected chi connectivity index (χ1v) is 5.37. The molecule has 1 atom stereocenters. The highest BCUT2D eigenvalue weighted by Crippen LogP contribution is 2.17. The summed E-state index contributed by atoms with van der Waals surface area (Å²) in [5, 5.41) is 9.65. The molecule has 0 aliphatic rings. The number of aliphatic hydroxyl groups is 1. The minimum atomic E-state index is -0.485. The summed E-state index contributed by atoms with van der Waals surface area (Å²) in [6, 6.07) is 7.61. The number of nitrogens with two attached hydrogens (primary N) is 1. The van der Waals surface area contributed by atoms with Crippen molar-refractivity contribution in [3.05, 3.63) is 29.8 Å². The largest absolute Gasteiger partial charge is 0.491 e. The van der Waals surface area contributed by atoms with Crippen molar-refractivity contribution in [2.75, 3.05) is 27.2 Å². The summed E-state index contributed by atoms with van der Waals surface area (Å²) in [4.78, 5) is 1.92. The summed E-state index contributed by atoms with van der Waals surface area (Å²) in [5.41, 5.74) is 6.54. The van der Waals surface area contributed by atoms with Gasteiger partial charge in [-0.05, 0) is 20.2 Å². The molecule has 0 radical (unpaired) electrons. The third kappa shape index (κ3) is 4.18. The Kier molecular flexibility index (Phi) is 5.25. The van der Waals surface area contributed by atoms with Crippen molar-refractivity contribution in [1.29, 1.82) is 0 Å². The predicted octanol–water partition coefficient (Wildman–Crippen LogP) is 0.447. The second-order valence-corrected chi connectivity index (χ2v) is 4.04. The number of rotatable bonds is 6. The lowest BCUT2D eigenvalue weighted by molar-refractivity contribution is 0.0827. The molecule has 1 unspecified atom stereocenters. The normalized spacial score (nSPS) is 12.8. The number of likely N-dealkylation sites (N-methyl/N-ethyl adjacent to an activating group) is 1. The highest BCUT2D eigenvalue weighted by molar-refractivity contribution is 5.32. The summed E-state index contributed by atoms with van der Waals surface area (Å²) >= 11 is 0. The fourth-order valence-electron chi connectivity index (χ4n) is 1.47. The van der Waals surface area contributed by atoms with Crippen LogP contribution in [0.1, 0.15) is 5.56 Å². The fraction of sp³-hybridized carbons (Fsp3) is 0.500. The Morgan fingerprint density at radius 1 is 1.38 bits per heavy atom. The van der Waals surface area contributed by atoms with E-state index in [0.29, 0.717) is 13.1 Å². The third-order valence-corrected chi connectivity index (χ3v) is 2.20. The Balaban J connectivity index is 2.47. The summed E-state index contributed by atoms with van der Waals surface area (Å²) in [6.45, 7) is 1.32. The van der Waals surface area contributed by atoms with Crippen molar-refractivity contribution in [1.82, 2.24) is 4.90 Å². The van der Waals surface area contributed by atoms with E-state index in [1.807, 2.05) is 43.3 Å². The van der Waals surface area contributed by atoms with Crippen LogP contribution in [0.25, 0.3) is 0 Å². The van der Waals surface area contributed by atoms with E-state index in [1.54, 1.807) is 0 Å². The molecular formula is C12H20N2O2. The molecule has 1 rings (SSSR count). The monoisotopic (exact) mass is 224 g/mol. The lowest BCUT2D eigenvalue weighted by Gasteiger charge is -2.17. The second kappa shape index (κ2) is 6.48. The minimum absolute atomic E-state index is 0.287. The second-order valence-electron chi connectivity index (χ2n) is 4.04. The standard InChI is InChI=1S/C12H20N2O2/c1-14(2)8-11(15)9-16-12-6-4-3-5-10(12)7-13/h3-6,11,15H,7-9,13H2,1-2H3. The van der Waals surface area contributed by atoms with Gasteiger partial charge in [0.25, 0.3) is 0 Å². The molecule has 0 bridgehead atoms. The molecule has 0 aliphatic carbocycles. The SMILES string of the molecule is CN(C)CC(O)COc1ccccc1CN. The quantitative estimate of drug-likeness (QED) is 0.736. The maximum Gasteiger partial charge on any atom is 0.123 e. The van der Waals surface area contributed by atoms with Gasteiger partial charge in [-0.1, -0.05) is 18.2 Å². The Hall–Kier alpha value is -1.10. The van der Waals surface area contributed by atoms with Gasteiger partial charge in [0.1, 0.15) is 18.5 Å². The first-order valence-electron chi connectivity index (χ1n) is 5.37. The van der Waals surface area contributed by atoms with Crippen molar-refractivity contribution >= 4 is 0 Å². The fourth-order valence-corrected chi connectivity index (χ4v) is 1.47. The number of nitrogens with zero attached hydrogens (tertiary/aromatic N) is 1. The topological polar surface area (TPSA) is 58.7 Å². The number of hydrogen-bond donors (Lipinski definition) is 2. The van der Waals surface area contributed by atoms with Gasteiger partial charge in [0.2, 0.25) is 0 Å². The summed E-state index contributed by atoms with van der Waals surface area (Å²) in [7, 11) is 3.83. The summed E-state index contributed by atoms with van der Waals surface area (Å²) in [5.74, 6) is 0.753. The van der Waals surface area contributed by atoms with Crippen LogP contribution in [0.4, 0.5) is 0 Å². The molecule has 16 heavy (non-hydrogen) atoms. The Morgan fingerprint density at radius 2 is 2.06 bits per heavy atom. The van der Waals surface area contributed by atoms with Crippen molar-refractivity contribution in [3.63, 3.8) is 0 Å². The molecule has 4 heteroatoms. The molecule has 0 saturated carbocycles. The van der Waals surface area contributed by atoms with Crippen molar-refractivity contribution in [2.24, 2.45) is 5.73 Å². The van der Waals surface area contributed by atoms with Crippen LogP contribution in [0.5, 0.6) is 5.75 Å². The van der Waals surface area contributed by atoms with Crippen LogP contribution < -0.4 is 10.5 Å². The summed E-state index contributed by atoms with van der Waals surface area (Å²) in [6.07, 6.45) is -0.485. The maximum absolute atomic E-state index is 9.65. The Bertz CT molecular complexity index is 316. The molecule has 0 amide bonds. The molecule has 1 aromatic carbocycles. The van der Waals surface area contributed by atoms with E-state index >= 15 is 0 Å². The average molecular weight is 224 g/mol. The van der Waals surface area contributed by atoms with Gasteiger partial charge in [-0.15, -0.1) is 0 Å². The van der Waals surface area contributed by atoms with Gasteiger partial charge in [0, 0.05) is 18.7 Å². The highest BCUT2D eigenvalue weighted by atomic mass is 16.5. The first kappa shape index (κ1) is 13.0. The molecule has 0 aliphatic heterocycles. The van der Waals surface area contributed by atoms with Crippen molar-refractivity contribution in [3.8, 4) is 5.75 Å². The van der Waals surface area contributed by atoms with E-state index in [4.69, 9.17) is 10.5 Å². The molecule has 0 fully saturated rings. The van der Waals surface area contributed by atoms with Crippen LogP contribution in [0.15, 0.2) is 24.3 Å². The minimum Gasteiger partial charge on any atom is -0.491 e. The van der Waals surface area contributed by atoms with E-state index < -0.39 is 6.10 Å². The number of benzene rings is 1. The predicted molar refractivity (Wildman–Crippen MR) is 64.4 cm³/mol. The Morgan fingerprint density at radius 3 is 2.69 bits per heavy atom. The van der Waals surface area contributed by atoms with Gasteiger partial charge in [-0.3, -0.25) is 0 Å². The molecule has 1 aromatic rings. The lowest BCUT2D eigenvalue weighted by atomic mass is 10.2. The molecule has 3 N–H and O–H groups in total. The van der Waals surface area contributed by atoms with Gasteiger partial charge < -0.3 is 20.5 Å². The highest BCUT2D eigenvalue weighted by Gasteiger charge is 2.07. The van der Waals surface area contributed by atoms with Gasteiger partial charge in [0.05, 0.1) is 0 Å². The van der Waals surface area contributed by atoms with Gasteiger partial charge >= 0.3 is 0 Å². The van der Waals surface area contributed by atoms with E-state index in [9.17, 15) is 5.11 Å². The van der Waals surface area contributed by atoms with Crippen molar-refractivity contribution < 1.29 is 9.84 Å². The number of ether oxygens (including phenoxy) is 1. The van der Waals surface area contributed by atoms with Crippen LogP contribution in [0, 0.1) is 0 Å². The van der Waals surface area contributed by atoms with Crippen LogP contribution in [0.3, 0.4) is 0 Å². The van der Waals surface area contributed by atoms with Gasteiger partial charge in [-0.25, -0.2) is 0 Å². The molecular weight excluding hydrogens is 204 g/mol. The zero-order chi connectivity index (χ0) is 12.0. The van der Waals surface area contributed by atoms with Crippen LogP contribution in [0.2, 0.25) is 0 Å². The molecule has 0 saturated heterocycles. The van der Waals surface area contributed by atoms with Gasteiger partial charge in [-0.2, -0.15) is 0 Å². The molecule has 4 nitrogen and oxygen atoms in total. The van der Waals surface area contributed by atoms with Crippen molar-refractivity contribution in [2.45, 2.75) is 12.6 Å². The summed E-state index contributed by atoms with van der Waals surface area (Å²) < 4.78 is 5.53. The van der Waals surface area contributed by atoms with Crippen LogP contribution >= 0.6 is 0 Å². The maximum atomic E-state index is 9.65. The first-order chi connectivity index (χ1) is 7.63. The molecule has 0 heterocycles. The zero-order valence-electron chi connectivity index (χ0n) is 9.89. The van der Waals surface area contributed by atoms with Crippen LogP contribution in [-0.2, 0) is 6.54 Å². The number of para-hydroxylation sites is 1. The van der Waals surface area contributed by atoms with E-state index in [0.717, 1.165) is 11.3 Å². The molecule has 0 aromatic heterocycles. The average Bonchev–Trinajstić information content (AvgIpc) is 2.26. The number of aliphatic hydroxyl groups excluding tert-OH is 1.